The van der Waals surface area contributed by atoms with Gasteiger partial charge in [-0.05, 0) is 39.7 Å². The van der Waals surface area contributed by atoms with Crippen molar-refractivity contribution in [3.63, 3.8) is 0 Å². The van der Waals surface area contributed by atoms with Crippen molar-refractivity contribution in [1.82, 2.24) is 14.7 Å². The van der Waals surface area contributed by atoms with Gasteiger partial charge in [0.1, 0.15) is 0 Å². The van der Waals surface area contributed by atoms with Gasteiger partial charge >= 0.3 is 12.4 Å². The molecule has 0 spiro atoms. The summed E-state index contributed by atoms with van der Waals surface area (Å²) in [6.07, 6.45) is -8.08. The van der Waals surface area contributed by atoms with Crippen LogP contribution in [0.2, 0.25) is 0 Å². The molecular formula is C16H21F6N3O2. The molecule has 1 aromatic heterocycles. The summed E-state index contributed by atoms with van der Waals surface area (Å²) < 4.78 is 79.3. The number of halogens is 6. The average molecular weight is 401 g/mol. The molecule has 1 aliphatic heterocycles. The molecule has 0 aliphatic carbocycles. The van der Waals surface area contributed by atoms with Gasteiger partial charge in [-0.1, -0.05) is 0 Å². The van der Waals surface area contributed by atoms with E-state index in [4.69, 9.17) is 0 Å². The highest BCUT2D eigenvalue weighted by Gasteiger charge is 2.57. The lowest BCUT2D eigenvalue weighted by Crippen LogP contribution is -2.57. The lowest BCUT2D eigenvalue weighted by atomic mass is 9.91. The number of likely N-dealkylation sites (tertiary alicyclic amines) is 1. The van der Waals surface area contributed by atoms with Gasteiger partial charge in [-0.2, -0.15) is 31.4 Å². The third-order valence-corrected chi connectivity index (χ3v) is 5.06. The number of aromatic nitrogens is 2. The predicted molar refractivity (Wildman–Crippen MR) is 82.8 cm³/mol. The topological polar surface area (TPSA) is 58.4 Å². The zero-order chi connectivity index (χ0) is 20.8. The minimum Gasteiger partial charge on any atom is -0.373 e. The Morgan fingerprint density at radius 2 is 1.59 bits per heavy atom. The maximum Gasteiger partial charge on any atom is 0.426 e. The van der Waals surface area contributed by atoms with Crippen LogP contribution in [0.1, 0.15) is 45.2 Å². The Hall–Kier alpha value is -1.78. The molecule has 1 saturated heterocycles. The summed E-state index contributed by atoms with van der Waals surface area (Å²) in [4.78, 5) is 12.9. The quantitative estimate of drug-likeness (QED) is 0.792. The Bertz CT molecular complexity index is 685. The van der Waals surface area contributed by atoms with Crippen LogP contribution in [0, 0.1) is 0 Å². The molecule has 1 fully saturated rings. The Morgan fingerprint density at radius 1 is 1.07 bits per heavy atom. The van der Waals surface area contributed by atoms with Crippen LogP contribution in [0.4, 0.5) is 26.3 Å². The molecule has 0 saturated carbocycles. The number of hydrogen-bond acceptors (Lipinski definition) is 3. The second-order valence-corrected chi connectivity index (χ2v) is 7.36. The molecule has 1 aliphatic rings. The lowest BCUT2D eigenvalue weighted by molar-refractivity contribution is -0.250. The Labute approximate surface area is 151 Å². The molecule has 1 aromatic rings. The summed E-state index contributed by atoms with van der Waals surface area (Å²) in [5.41, 5.74) is -5.44. The van der Waals surface area contributed by atoms with Crippen LogP contribution in [0.15, 0.2) is 12.3 Å². The molecule has 0 unspecified atom stereocenters. The van der Waals surface area contributed by atoms with E-state index in [0.29, 0.717) is 12.6 Å². The monoisotopic (exact) mass is 401 g/mol. The molecule has 154 valence electrons. The number of aliphatic hydroxyl groups is 1. The van der Waals surface area contributed by atoms with Gasteiger partial charge in [-0.3, -0.25) is 9.48 Å². The van der Waals surface area contributed by atoms with Crippen molar-refractivity contribution in [1.29, 1.82) is 0 Å². The molecule has 2 heterocycles. The molecule has 27 heavy (non-hydrogen) atoms. The van der Waals surface area contributed by atoms with Crippen LogP contribution in [0.25, 0.3) is 0 Å². The Morgan fingerprint density at radius 3 is 2.04 bits per heavy atom. The third kappa shape index (κ3) is 3.78. The van der Waals surface area contributed by atoms with Crippen LogP contribution >= 0.6 is 0 Å². The molecule has 11 heteroatoms. The van der Waals surface area contributed by atoms with Crippen molar-refractivity contribution < 1.29 is 36.2 Å². The van der Waals surface area contributed by atoms with E-state index in [9.17, 15) is 36.2 Å². The van der Waals surface area contributed by atoms with Gasteiger partial charge in [0.25, 0.3) is 5.91 Å². The summed E-state index contributed by atoms with van der Waals surface area (Å²) in [6, 6.07) is 1.45. The van der Waals surface area contributed by atoms with Gasteiger partial charge in [0, 0.05) is 30.9 Å². The summed E-state index contributed by atoms with van der Waals surface area (Å²) in [5.74, 6) is -1.86. The van der Waals surface area contributed by atoms with Gasteiger partial charge in [-0.25, -0.2) is 0 Å². The summed E-state index contributed by atoms with van der Waals surface area (Å²) >= 11 is 0. The lowest BCUT2D eigenvalue weighted by Gasteiger charge is -2.38. The highest BCUT2D eigenvalue weighted by Crippen LogP contribution is 2.40. The van der Waals surface area contributed by atoms with E-state index < -0.39 is 35.3 Å². The molecule has 1 amide bonds. The number of carbonyl (C=O) groups is 1. The van der Waals surface area contributed by atoms with Crippen LogP contribution in [0.3, 0.4) is 0 Å². The molecule has 1 atom stereocenters. The molecule has 1 N–H and O–H groups in total. The SMILES string of the molecule is CC(C)(n1nccc1C1CCN(C(=O)[C@@](C)(O)C(F)(F)F)CC1)C(F)(F)F. The van der Waals surface area contributed by atoms with Crippen molar-refractivity contribution in [2.75, 3.05) is 13.1 Å². The molecule has 0 radical (unpaired) electrons. The zero-order valence-corrected chi connectivity index (χ0v) is 15.0. The van der Waals surface area contributed by atoms with Gasteiger partial charge in [0.05, 0.1) is 0 Å². The number of nitrogens with zero attached hydrogens (tertiary/aromatic N) is 3. The number of alkyl halides is 6. The number of hydrogen-bond donors (Lipinski definition) is 1. The molecule has 0 bridgehead atoms. The number of piperidine rings is 1. The van der Waals surface area contributed by atoms with Gasteiger partial charge < -0.3 is 10.0 Å². The fraction of sp³-hybridized carbons (Fsp3) is 0.750. The van der Waals surface area contributed by atoms with Gasteiger partial charge in [-0.15, -0.1) is 0 Å². The van der Waals surface area contributed by atoms with Gasteiger partial charge in [0.2, 0.25) is 5.60 Å². The van der Waals surface area contributed by atoms with E-state index in [1.165, 1.54) is 12.3 Å². The largest absolute Gasteiger partial charge is 0.426 e. The van der Waals surface area contributed by atoms with Crippen molar-refractivity contribution in [2.24, 2.45) is 0 Å². The molecule has 2 rings (SSSR count). The van der Waals surface area contributed by atoms with Gasteiger partial charge in [0.15, 0.2) is 5.54 Å². The second kappa shape index (κ2) is 6.68. The fourth-order valence-electron chi connectivity index (χ4n) is 3.02. The predicted octanol–water partition coefficient (Wildman–Crippen LogP) is 3.20. The Balaban J connectivity index is 2.14. The van der Waals surface area contributed by atoms with E-state index in [1.807, 2.05) is 0 Å². The second-order valence-electron chi connectivity index (χ2n) is 7.36. The summed E-state index contributed by atoms with van der Waals surface area (Å²) in [7, 11) is 0. The van der Waals surface area contributed by atoms with Crippen molar-refractivity contribution in [3.05, 3.63) is 18.0 Å². The Kier molecular flexibility index (Phi) is 5.32. The number of amides is 1. The van der Waals surface area contributed by atoms with Crippen LogP contribution in [0.5, 0.6) is 0 Å². The minimum atomic E-state index is -5.11. The van der Waals surface area contributed by atoms with E-state index >= 15 is 0 Å². The normalized spacial score (nSPS) is 19.9. The van der Waals surface area contributed by atoms with Crippen molar-refractivity contribution in [3.8, 4) is 0 Å². The molecule has 0 aromatic carbocycles. The highest BCUT2D eigenvalue weighted by atomic mass is 19.4. The van der Waals surface area contributed by atoms with Crippen LogP contribution in [-0.4, -0.2) is 56.7 Å². The maximum absolute atomic E-state index is 13.3. The highest BCUT2D eigenvalue weighted by molar-refractivity contribution is 5.85. The van der Waals surface area contributed by atoms with Crippen molar-refractivity contribution in [2.45, 2.75) is 63.0 Å². The maximum atomic E-state index is 13.3. The number of rotatable bonds is 3. The standard InChI is InChI=1S/C16H21F6N3O2/c1-13(2,15(17,18)19)25-11(4-7-23-25)10-5-8-24(9-6-10)12(26)14(3,27)16(20,21)22/h4,7,10,27H,5-6,8-9H2,1-3H3/t14-/m1/s1. The fourth-order valence-corrected chi connectivity index (χ4v) is 3.02. The van der Waals surface area contributed by atoms with Crippen LogP contribution in [-0.2, 0) is 10.3 Å². The molecular weight excluding hydrogens is 380 g/mol. The van der Waals surface area contributed by atoms with Crippen molar-refractivity contribution >= 4 is 5.91 Å². The van der Waals surface area contributed by atoms with E-state index in [1.54, 1.807) is 0 Å². The first-order valence-electron chi connectivity index (χ1n) is 8.30. The van der Waals surface area contributed by atoms with E-state index in [2.05, 4.69) is 5.10 Å². The smallest absolute Gasteiger partial charge is 0.373 e. The summed E-state index contributed by atoms with van der Waals surface area (Å²) in [6.45, 7) is 2.16. The first-order valence-corrected chi connectivity index (χ1v) is 8.30. The van der Waals surface area contributed by atoms with E-state index in [0.717, 1.165) is 23.4 Å². The first kappa shape index (κ1) is 21.5. The third-order valence-electron chi connectivity index (χ3n) is 5.06. The minimum absolute atomic E-state index is 0.104. The number of carbonyl (C=O) groups excluding carboxylic acids is 1. The average Bonchev–Trinajstić information content (AvgIpc) is 3.02. The van der Waals surface area contributed by atoms with E-state index in [-0.39, 0.29) is 25.9 Å². The first-order chi connectivity index (χ1) is 12.1. The zero-order valence-electron chi connectivity index (χ0n) is 15.0. The molecule has 5 nitrogen and oxygen atoms in total. The van der Waals surface area contributed by atoms with Crippen LogP contribution < -0.4 is 0 Å². The summed E-state index contributed by atoms with van der Waals surface area (Å²) in [5, 5.41) is 13.3.